The van der Waals surface area contributed by atoms with Crippen LogP contribution >= 0.6 is 24.0 Å². The van der Waals surface area contributed by atoms with Crippen LogP contribution in [-0.2, 0) is 6.18 Å². The molecule has 1 aromatic rings. The van der Waals surface area contributed by atoms with Crippen molar-refractivity contribution in [3.8, 4) is 0 Å². The molecule has 0 aliphatic rings. The first-order valence-corrected chi connectivity index (χ1v) is 6.37. The van der Waals surface area contributed by atoms with Crippen molar-refractivity contribution < 1.29 is 13.2 Å². The van der Waals surface area contributed by atoms with Crippen molar-refractivity contribution in [2.75, 3.05) is 0 Å². The largest absolute Gasteiger partial charge is 0.417 e. The van der Waals surface area contributed by atoms with E-state index in [1.54, 1.807) is 6.07 Å². The molecule has 1 nitrogen and oxygen atoms in total. The zero-order valence-electron chi connectivity index (χ0n) is 10.6. The molecule has 0 spiro atoms. The monoisotopic (exact) mass is 315 g/mol. The van der Waals surface area contributed by atoms with Crippen LogP contribution in [0.3, 0.4) is 0 Å². The summed E-state index contributed by atoms with van der Waals surface area (Å²) in [6.07, 6.45) is -0.831. The average Bonchev–Trinajstić information content (AvgIpc) is 2.28. The van der Waals surface area contributed by atoms with Crippen LogP contribution in [0.5, 0.6) is 0 Å². The second kappa shape index (κ2) is 7.98. The molecule has 0 bridgehead atoms. The van der Waals surface area contributed by atoms with Crippen molar-refractivity contribution >= 4 is 24.0 Å². The third-order valence-electron chi connectivity index (χ3n) is 2.85. The summed E-state index contributed by atoms with van der Waals surface area (Å²) >= 11 is 5.80. The van der Waals surface area contributed by atoms with Gasteiger partial charge in [0.05, 0.1) is 10.6 Å². The molecule has 0 radical (unpaired) electrons. The van der Waals surface area contributed by atoms with Crippen molar-refractivity contribution in [2.24, 2.45) is 5.73 Å². The number of nitrogens with two attached hydrogens (primary N) is 1. The van der Waals surface area contributed by atoms with Gasteiger partial charge in [-0.25, -0.2) is 0 Å². The van der Waals surface area contributed by atoms with Crippen LogP contribution in [0, 0.1) is 0 Å². The lowest BCUT2D eigenvalue weighted by Crippen LogP contribution is -2.14. The molecule has 0 saturated carbocycles. The Bertz CT molecular complexity index is 394. The lowest BCUT2D eigenvalue weighted by Gasteiger charge is -2.17. The summed E-state index contributed by atoms with van der Waals surface area (Å²) < 4.78 is 38.0. The molecule has 0 saturated heterocycles. The quantitative estimate of drug-likeness (QED) is 0.727. The third-order valence-corrected chi connectivity index (χ3v) is 3.27. The maximum absolute atomic E-state index is 12.7. The molecule has 6 heteroatoms. The lowest BCUT2D eigenvalue weighted by atomic mass is 9.99. The van der Waals surface area contributed by atoms with Gasteiger partial charge in [-0.1, -0.05) is 49.9 Å². The summed E-state index contributed by atoms with van der Waals surface area (Å²) in [7, 11) is 0. The van der Waals surface area contributed by atoms with E-state index in [1.165, 1.54) is 6.07 Å². The molecule has 0 heterocycles. The zero-order valence-corrected chi connectivity index (χ0v) is 12.2. The molecule has 1 rings (SSSR count). The molecular weight excluding hydrogens is 298 g/mol. The van der Waals surface area contributed by atoms with Crippen molar-refractivity contribution in [3.63, 3.8) is 0 Å². The fourth-order valence-corrected chi connectivity index (χ4v) is 2.20. The Morgan fingerprint density at radius 3 is 2.42 bits per heavy atom. The van der Waals surface area contributed by atoms with E-state index in [0.29, 0.717) is 12.0 Å². The van der Waals surface area contributed by atoms with Crippen LogP contribution in [0.25, 0.3) is 0 Å². The van der Waals surface area contributed by atoms with E-state index in [4.69, 9.17) is 17.3 Å². The average molecular weight is 316 g/mol. The predicted octanol–water partition coefficient (Wildman–Crippen LogP) is 5.36. The van der Waals surface area contributed by atoms with Crippen LogP contribution in [0.1, 0.15) is 49.8 Å². The molecule has 0 fully saturated rings. The Labute approximate surface area is 122 Å². The van der Waals surface area contributed by atoms with Gasteiger partial charge in [-0.3, -0.25) is 0 Å². The summed E-state index contributed by atoms with van der Waals surface area (Å²) in [5, 5.41) is -0.269. The lowest BCUT2D eigenvalue weighted by molar-refractivity contribution is -0.137. The second-order valence-electron chi connectivity index (χ2n) is 4.31. The van der Waals surface area contributed by atoms with Gasteiger partial charge in [0, 0.05) is 6.04 Å². The Morgan fingerprint density at radius 1 is 1.26 bits per heavy atom. The fourth-order valence-electron chi connectivity index (χ4n) is 1.82. The first-order valence-electron chi connectivity index (χ1n) is 5.99. The Hall–Kier alpha value is -0.450. The summed E-state index contributed by atoms with van der Waals surface area (Å²) in [5.74, 6) is 0. The van der Waals surface area contributed by atoms with Crippen LogP contribution in [0.15, 0.2) is 18.2 Å². The number of unbranched alkanes of at least 4 members (excludes halogenated alkanes) is 2. The van der Waals surface area contributed by atoms with Crippen molar-refractivity contribution in [3.05, 3.63) is 34.3 Å². The summed E-state index contributed by atoms with van der Waals surface area (Å²) in [6.45, 7) is 2.06. The minimum absolute atomic E-state index is 0. The Kier molecular flexibility index (Phi) is 7.79. The molecule has 0 unspecified atom stereocenters. The van der Waals surface area contributed by atoms with Gasteiger partial charge < -0.3 is 5.73 Å². The SMILES string of the molecule is CCCCC[C@@H](N)c1cccc(C(F)(F)F)c1Cl.Cl. The summed E-state index contributed by atoms with van der Waals surface area (Å²) in [6, 6.07) is 3.45. The summed E-state index contributed by atoms with van der Waals surface area (Å²) in [5.41, 5.74) is 5.46. The van der Waals surface area contributed by atoms with Crippen molar-refractivity contribution in [1.29, 1.82) is 0 Å². The first-order chi connectivity index (χ1) is 8.38. The second-order valence-corrected chi connectivity index (χ2v) is 4.69. The molecule has 1 aromatic carbocycles. The van der Waals surface area contributed by atoms with Gasteiger partial charge in [-0.15, -0.1) is 12.4 Å². The van der Waals surface area contributed by atoms with Crippen LogP contribution in [0.4, 0.5) is 13.2 Å². The Balaban J connectivity index is 0.00000324. The van der Waals surface area contributed by atoms with Crippen molar-refractivity contribution in [1.82, 2.24) is 0 Å². The number of rotatable bonds is 5. The Morgan fingerprint density at radius 2 is 1.89 bits per heavy atom. The highest BCUT2D eigenvalue weighted by atomic mass is 35.5. The minimum Gasteiger partial charge on any atom is -0.324 e. The van der Waals surface area contributed by atoms with Crippen LogP contribution in [-0.4, -0.2) is 0 Å². The van der Waals surface area contributed by atoms with Crippen LogP contribution < -0.4 is 5.73 Å². The smallest absolute Gasteiger partial charge is 0.324 e. The van der Waals surface area contributed by atoms with Crippen LogP contribution in [0.2, 0.25) is 5.02 Å². The molecule has 0 amide bonds. The van der Waals surface area contributed by atoms with E-state index >= 15 is 0 Å². The van der Waals surface area contributed by atoms with Gasteiger partial charge in [0.15, 0.2) is 0 Å². The summed E-state index contributed by atoms with van der Waals surface area (Å²) in [4.78, 5) is 0. The molecule has 110 valence electrons. The van der Waals surface area contributed by atoms with Gasteiger partial charge in [-0.2, -0.15) is 13.2 Å². The first kappa shape index (κ1) is 18.6. The maximum atomic E-state index is 12.7. The van der Waals surface area contributed by atoms with Gasteiger partial charge in [0.2, 0.25) is 0 Å². The standard InChI is InChI=1S/C13H17ClF3N.ClH/c1-2-3-4-8-11(18)9-6-5-7-10(12(9)14)13(15,16)17;/h5-7,11H,2-4,8,18H2,1H3;1H/t11-;/m1./s1. The number of hydrogen-bond donors (Lipinski definition) is 1. The minimum atomic E-state index is -4.43. The molecule has 0 aromatic heterocycles. The molecule has 1 atom stereocenters. The molecule has 0 aliphatic carbocycles. The third kappa shape index (κ3) is 5.21. The number of halogens is 5. The van der Waals surface area contributed by atoms with E-state index in [2.05, 4.69) is 6.92 Å². The highest BCUT2D eigenvalue weighted by Gasteiger charge is 2.34. The van der Waals surface area contributed by atoms with E-state index in [9.17, 15) is 13.2 Å². The predicted molar refractivity (Wildman–Crippen MR) is 74.8 cm³/mol. The normalized spacial score (nSPS) is 12.9. The van der Waals surface area contributed by atoms with Gasteiger partial charge >= 0.3 is 6.18 Å². The maximum Gasteiger partial charge on any atom is 0.417 e. The highest BCUT2D eigenvalue weighted by molar-refractivity contribution is 6.32. The number of hydrogen-bond acceptors (Lipinski definition) is 1. The molecule has 2 N–H and O–H groups in total. The topological polar surface area (TPSA) is 26.0 Å². The van der Waals surface area contributed by atoms with E-state index in [1.807, 2.05) is 0 Å². The van der Waals surface area contributed by atoms with E-state index in [0.717, 1.165) is 25.3 Å². The molecule has 19 heavy (non-hydrogen) atoms. The molecular formula is C13H18Cl2F3N. The van der Waals surface area contributed by atoms with Gasteiger partial charge in [0.1, 0.15) is 0 Å². The van der Waals surface area contributed by atoms with E-state index in [-0.39, 0.29) is 17.4 Å². The molecule has 0 aliphatic heterocycles. The van der Waals surface area contributed by atoms with Crippen molar-refractivity contribution in [2.45, 2.75) is 44.8 Å². The van der Waals surface area contributed by atoms with Gasteiger partial charge in [0.25, 0.3) is 0 Å². The van der Waals surface area contributed by atoms with Gasteiger partial charge in [-0.05, 0) is 18.1 Å². The zero-order chi connectivity index (χ0) is 13.8. The number of benzene rings is 1. The van der Waals surface area contributed by atoms with E-state index < -0.39 is 17.8 Å². The fraction of sp³-hybridized carbons (Fsp3) is 0.538. The highest BCUT2D eigenvalue weighted by Crippen LogP contribution is 2.38. The number of alkyl halides is 3.